The van der Waals surface area contributed by atoms with E-state index in [1.165, 1.54) is 0 Å². The van der Waals surface area contributed by atoms with E-state index in [0.29, 0.717) is 5.57 Å². The first-order chi connectivity index (χ1) is 6.90. The maximum absolute atomic E-state index is 12.3. The van der Waals surface area contributed by atoms with Crippen molar-refractivity contribution in [2.24, 2.45) is 5.41 Å². The molecule has 0 fully saturated rings. The van der Waals surface area contributed by atoms with Gasteiger partial charge in [-0.3, -0.25) is 4.79 Å². The van der Waals surface area contributed by atoms with Crippen LogP contribution < -0.4 is 0 Å². The standard InChI is InChI=1S/C13H22NO2/c1-11(2,3)10(15)9-8-12(4,5)14(16)13(9,6)7/h8H,1-7H3. The Morgan fingerprint density at radius 2 is 1.62 bits per heavy atom. The first-order valence-electron chi connectivity index (χ1n) is 5.66. The van der Waals surface area contributed by atoms with E-state index in [1.54, 1.807) is 0 Å². The number of ketones is 1. The Balaban J connectivity index is 3.21. The second kappa shape index (κ2) is 3.41. The summed E-state index contributed by atoms with van der Waals surface area (Å²) in [5.74, 6) is 0.0592. The molecule has 91 valence electrons. The van der Waals surface area contributed by atoms with Gasteiger partial charge in [0.2, 0.25) is 0 Å². The Hall–Kier alpha value is -0.670. The molecule has 0 atom stereocenters. The van der Waals surface area contributed by atoms with Crippen LogP contribution in [0, 0.1) is 5.41 Å². The molecule has 0 aromatic rings. The van der Waals surface area contributed by atoms with E-state index in [4.69, 9.17) is 0 Å². The van der Waals surface area contributed by atoms with Gasteiger partial charge in [-0.25, -0.2) is 0 Å². The Bertz CT molecular complexity index is 345. The highest BCUT2D eigenvalue weighted by Gasteiger charge is 2.50. The molecule has 0 amide bonds. The molecule has 0 N–H and O–H groups in total. The van der Waals surface area contributed by atoms with Gasteiger partial charge in [0.05, 0.1) is 11.1 Å². The molecule has 0 aliphatic carbocycles. The van der Waals surface area contributed by atoms with Crippen molar-refractivity contribution >= 4 is 5.78 Å². The van der Waals surface area contributed by atoms with Gasteiger partial charge in [0.15, 0.2) is 5.78 Å². The maximum atomic E-state index is 12.3. The zero-order valence-electron chi connectivity index (χ0n) is 11.3. The fraction of sp³-hybridized carbons (Fsp3) is 0.769. The summed E-state index contributed by atoms with van der Waals surface area (Å²) in [5.41, 5.74) is -1.13. The van der Waals surface area contributed by atoms with E-state index in [9.17, 15) is 10.0 Å². The van der Waals surface area contributed by atoms with Crippen molar-refractivity contribution in [2.45, 2.75) is 59.5 Å². The van der Waals surface area contributed by atoms with Crippen LogP contribution in [-0.2, 0) is 10.0 Å². The summed E-state index contributed by atoms with van der Waals surface area (Å²) in [6, 6.07) is 0. The largest absolute Gasteiger partial charge is 0.294 e. The highest BCUT2D eigenvalue weighted by molar-refractivity contribution is 6.01. The minimum Gasteiger partial charge on any atom is -0.294 e. The van der Waals surface area contributed by atoms with Crippen molar-refractivity contribution in [1.29, 1.82) is 0 Å². The normalized spacial score (nSPS) is 24.4. The lowest BCUT2D eigenvalue weighted by Crippen LogP contribution is -2.48. The zero-order valence-corrected chi connectivity index (χ0v) is 11.3. The molecule has 1 radical (unpaired) electrons. The number of carbonyl (C=O) groups excluding carboxylic acids is 1. The van der Waals surface area contributed by atoms with Crippen LogP contribution in [-0.4, -0.2) is 21.9 Å². The molecule has 0 aromatic carbocycles. The summed E-state index contributed by atoms with van der Waals surface area (Å²) in [4.78, 5) is 12.3. The van der Waals surface area contributed by atoms with Crippen LogP contribution in [0.3, 0.4) is 0 Å². The lowest BCUT2D eigenvalue weighted by molar-refractivity contribution is -0.238. The van der Waals surface area contributed by atoms with E-state index in [0.717, 1.165) is 5.06 Å². The molecule has 3 heteroatoms. The molecule has 0 spiro atoms. The van der Waals surface area contributed by atoms with Crippen molar-refractivity contribution in [3.05, 3.63) is 11.6 Å². The van der Waals surface area contributed by atoms with Crippen molar-refractivity contribution in [2.75, 3.05) is 0 Å². The van der Waals surface area contributed by atoms with Crippen LogP contribution in [0.4, 0.5) is 0 Å². The van der Waals surface area contributed by atoms with Crippen LogP contribution in [0.1, 0.15) is 48.5 Å². The molecule has 1 rings (SSSR count). The topological polar surface area (TPSA) is 40.2 Å². The molecule has 0 saturated heterocycles. The Morgan fingerprint density at radius 1 is 1.19 bits per heavy atom. The monoisotopic (exact) mass is 224 g/mol. The van der Waals surface area contributed by atoms with Gasteiger partial charge in [-0.05, 0) is 27.7 Å². The van der Waals surface area contributed by atoms with Gasteiger partial charge in [-0.15, -0.1) is 10.3 Å². The summed E-state index contributed by atoms with van der Waals surface area (Å²) >= 11 is 0. The predicted octanol–water partition coefficient (Wildman–Crippen LogP) is 2.75. The number of Topliss-reactive ketones (excluding diaryl/α,β-unsaturated/α-hetero) is 1. The summed E-state index contributed by atoms with van der Waals surface area (Å²) in [5, 5.41) is 13.1. The summed E-state index contributed by atoms with van der Waals surface area (Å²) < 4.78 is 0. The highest BCUT2D eigenvalue weighted by atomic mass is 16.5. The van der Waals surface area contributed by atoms with Gasteiger partial charge in [-0.2, -0.15) is 0 Å². The quantitative estimate of drug-likeness (QED) is 0.687. The van der Waals surface area contributed by atoms with E-state index in [2.05, 4.69) is 0 Å². The minimum atomic E-state index is -0.728. The lowest BCUT2D eigenvalue weighted by atomic mass is 9.80. The van der Waals surface area contributed by atoms with E-state index < -0.39 is 16.5 Å². The molecule has 0 saturated carbocycles. The molecular formula is C13H22NO2. The Kier molecular flexibility index (Phi) is 2.85. The van der Waals surface area contributed by atoms with Crippen molar-refractivity contribution in [1.82, 2.24) is 5.06 Å². The fourth-order valence-corrected chi connectivity index (χ4v) is 2.17. The van der Waals surface area contributed by atoms with Crippen LogP contribution in [0.2, 0.25) is 0 Å². The fourth-order valence-electron chi connectivity index (χ4n) is 2.17. The summed E-state index contributed by atoms with van der Waals surface area (Å²) in [6.45, 7) is 12.9. The van der Waals surface area contributed by atoms with Gasteiger partial charge in [-0.1, -0.05) is 26.8 Å². The SMILES string of the molecule is CC(C)(C)C(=O)C1=CC(C)(C)N([O])C1(C)C. The van der Waals surface area contributed by atoms with Gasteiger partial charge >= 0.3 is 0 Å². The van der Waals surface area contributed by atoms with Crippen molar-refractivity contribution < 1.29 is 10.0 Å². The Morgan fingerprint density at radius 3 is 1.88 bits per heavy atom. The molecule has 3 nitrogen and oxygen atoms in total. The molecule has 1 aliphatic heterocycles. The zero-order chi connectivity index (χ0) is 12.9. The molecule has 0 aromatic heterocycles. The van der Waals surface area contributed by atoms with E-state index in [-0.39, 0.29) is 5.78 Å². The molecule has 0 unspecified atom stereocenters. The van der Waals surface area contributed by atoms with Gasteiger partial charge in [0.25, 0.3) is 0 Å². The number of hydrogen-bond donors (Lipinski definition) is 0. The average molecular weight is 224 g/mol. The molecule has 16 heavy (non-hydrogen) atoms. The second-order valence-electron chi connectivity index (χ2n) is 6.64. The summed E-state index contributed by atoms with van der Waals surface area (Å²) in [6.07, 6.45) is 1.81. The minimum absolute atomic E-state index is 0.0592. The smallest absolute Gasteiger partial charge is 0.165 e. The van der Waals surface area contributed by atoms with Gasteiger partial charge < -0.3 is 0 Å². The number of hydrogen-bond acceptors (Lipinski definition) is 2. The van der Waals surface area contributed by atoms with Crippen LogP contribution >= 0.6 is 0 Å². The van der Waals surface area contributed by atoms with Crippen molar-refractivity contribution in [3.8, 4) is 0 Å². The number of rotatable bonds is 1. The van der Waals surface area contributed by atoms with Crippen LogP contribution in [0.5, 0.6) is 0 Å². The van der Waals surface area contributed by atoms with Crippen LogP contribution in [0.15, 0.2) is 11.6 Å². The number of hydroxylamine groups is 2. The third-order valence-electron chi connectivity index (χ3n) is 3.11. The number of carbonyl (C=O) groups is 1. The third kappa shape index (κ3) is 1.94. The van der Waals surface area contributed by atoms with Gasteiger partial charge in [0.1, 0.15) is 0 Å². The Labute approximate surface area is 98.1 Å². The highest BCUT2D eigenvalue weighted by Crippen LogP contribution is 2.41. The first-order valence-corrected chi connectivity index (χ1v) is 5.66. The second-order valence-corrected chi connectivity index (χ2v) is 6.64. The first kappa shape index (κ1) is 13.4. The predicted molar refractivity (Wildman–Crippen MR) is 63.2 cm³/mol. The molecule has 1 aliphatic rings. The number of nitrogens with zero attached hydrogens (tertiary/aromatic N) is 1. The molecular weight excluding hydrogens is 202 g/mol. The molecule has 1 heterocycles. The van der Waals surface area contributed by atoms with Crippen LogP contribution in [0.25, 0.3) is 0 Å². The third-order valence-corrected chi connectivity index (χ3v) is 3.11. The molecule has 0 bridgehead atoms. The lowest BCUT2D eigenvalue weighted by Gasteiger charge is -2.34. The van der Waals surface area contributed by atoms with Crippen molar-refractivity contribution in [3.63, 3.8) is 0 Å². The van der Waals surface area contributed by atoms with E-state index in [1.807, 2.05) is 54.5 Å². The summed E-state index contributed by atoms with van der Waals surface area (Å²) in [7, 11) is 0. The maximum Gasteiger partial charge on any atom is 0.165 e. The van der Waals surface area contributed by atoms with E-state index >= 15 is 0 Å². The van der Waals surface area contributed by atoms with Gasteiger partial charge in [0, 0.05) is 11.0 Å². The average Bonchev–Trinajstić information content (AvgIpc) is 2.24.